The molecule has 27 heavy (non-hydrogen) atoms. The lowest BCUT2D eigenvalue weighted by Crippen LogP contribution is -2.34. The van der Waals surface area contributed by atoms with Gasteiger partial charge in [-0.2, -0.15) is 8.42 Å². The zero-order valence-electron chi connectivity index (χ0n) is 14.8. The molecule has 1 aliphatic rings. The summed E-state index contributed by atoms with van der Waals surface area (Å²) in [5.41, 5.74) is 1.49. The molecule has 2 aromatic carbocycles. The zero-order chi connectivity index (χ0) is 19.6. The summed E-state index contributed by atoms with van der Waals surface area (Å²) in [6.45, 7) is -0.0834. The van der Waals surface area contributed by atoms with Crippen molar-refractivity contribution >= 4 is 33.4 Å². The third kappa shape index (κ3) is 3.82. The molecule has 2 N–H and O–H groups in total. The third-order valence-corrected chi connectivity index (χ3v) is 5.34. The van der Waals surface area contributed by atoms with E-state index in [9.17, 15) is 18.0 Å². The second kappa shape index (κ2) is 7.20. The van der Waals surface area contributed by atoms with Gasteiger partial charge >= 0.3 is 0 Å². The number of carbonyl (C=O) groups is 2. The van der Waals surface area contributed by atoms with Crippen LogP contribution in [-0.4, -0.2) is 51.6 Å². The fraction of sp³-hybridized carbons (Fsp3) is 0.167. The number of anilines is 1. The summed E-state index contributed by atoms with van der Waals surface area (Å²) in [4.78, 5) is 25.4. The Morgan fingerprint density at radius 1 is 1.07 bits per heavy atom. The lowest BCUT2D eigenvalue weighted by Gasteiger charge is -2.18. The van der Waals surface area contributed by atoms with Crippen molar-refractivity contribution in [3.05, 3.63) is 59.7 Å². The van der Waals surface area contributed by atoms with Crippen LogP contribution in [0.25, 0.3) is 0 Å². The van der Waals surface area contributed by atoms with E-state index < -0.39 is 10.0 Å². The molecule has 140 valence electrons. The van der Waals surface area contributed by atoms with Gasteiger partial charge < -0.3 is 15.5 Å². The maximum absolute atomic E-state index is 12.3. The van der Waals surface area contributed by atoms with Crippen LogP contribution in [0.5, 0.6) is 0 Å². The van der Waals surface area contributed by atoms with Crippen molar-refractivity contribution in [3.8, 4) is 0 Å². The van der Waals surface area contributed by atoms with Crippen LogP contribution in [0.15, 0.2) is 57.8 Å². The van der Waals surface area contributed by atoms with E-state index in [0.717, 1.165) is 0 Å². The van der Waals surface area contributed by atoms with E-state index in [4.69, 9.17) is 0 Å². The Balaban J connectivity index is 1.69. The molecule has 3 rings (SSSR count). The average molecular weight is 386 g/mol. The SMILES string of the molecule is CNC(=O)c1ccc(NC(=O)CN(C)C2=NS(=O)(=O)c3ccccc32)cc1. The van der Waals surface area contributed by atoms with Crippen molar-refractivity contribution in [2.45, 2.75) is 4.90 Å². The van der Waals surface area contributed by atoms with E-state index in [1.807, 2.05) is 0 Å². The molecule has 0 fully saturated rings. The average Bonchev–Trinajstić information content (AvgIpc) is 2.93. The Labute approximate surface area is 157 Å². The highest BCUT2D eigenvalue weighted by Crippen LogP contribution is 2.26. The van der Waals surface area contributed by atoms with Crippen molar-refractivity contribution in [3.63, 3.8) is 0 Å². The molecule has 0 bridgehead atoms. The molecule has 2 amide bonds. The van der Waals surface area contributed by atoms with Crippen molar-refractivity contribution in [2.24, 2.45) is 4.40 Å². The van der Waals surface area contributed by atoms with Gasteiger partial charge in [0.15, 0.2) is 5.84 Å². The number of nitrogens with one attached hydrogen (secondary N) is 2. The molecular weight excluding hydrogens is 368 g/mol. The molecule has 0 radical (unpaired) electrons. The quantitative estimate of drug-likeness (QED) is 0.817. The first-order valence-electron chi connectivity index (χ1n) is 8.09. The summed E-state index contributed by atoms with van der Waals surface area (Å²) in [5.74, 6) is -0.322. The van der Waals surface area contributed by atoms with Gasteiger partial charge in [-0.15, -0.1) is 4.40 Å². The molecule has 0 aliphatic carbocycles. The van der Waals surface area contributed by atoms with E-state index >= 15 is 0 Å². The monoisotopic (exact) mass is 386 g/mol. The van der Waals surface area contributed by atoms with Gasteiger partial charge in [0.2, 0.25) is 5.91 Å². The van der Waals surface area contributed by atoms with Crippen LogP contribution in [0.3, 0.4) is 0 Å². The Morgan fingerprint density at radius 3 is 2.41 bits per heavy atom. The smallest absolute Gasteiger partial charge is 0.285 e. The van der Waals surface area contributed by atoms with E-state index in [2.05, 4.69) is 15.0 Å². The molecule has 1 aliphatic heterocycles. The lowest BCUT2D eigenvalue weighted by molar-refractivity contribution is -0.116. The second-order valence-corrected chi connectivity index (χ2v) is 7.52. The normalized spacial score (nSPS) is 14.1. The summed E-state index contributed by atoms with van der Waals surface area (Å²) in [5, 5.41) is 5.23. The van der Waals surface area contributed by atoms with Gasteiger partial charge in [0.05, 0.1) is 6.54 Å². The number of amidine groups is 1. The zero-order valence-corrected chi connectivity index (χ0v) is 15.6. The highest BCUT2D eigenvalue weighted by molar-refractivity contribution is 7.90. The van der Waals surface area contributed by atoms with E-state index in [1.165, 1.54) is 18.0 Å². The standard InChI is InChI=1S/C18H18N4O4S/c1-19-18(24)12-7-9-13(10-8-12)20-16(23)11-22(2)17-14-5-3-4-6-15(14)27(25,26)21-17/h3-10H,11H2,1-2H3,(H,19,24)(H,20,23). The van der Waals surface area contributed by atoms with Gasteiger partial charge in [0.25, 0.3) is 15.9 Å². The van der Waals surface area contributed by atoms with Gasteiger partial charge in [-0.05, 0) is 36.4 Å². The summed E-state index contributed by atoms with van der Waals surface area (Å²) < 4.78 is 28.0. The van der Waals surface area contributed by atoms with Crippen LogP contribution in [0, 0.1) is 0 Å². The number of fused-ring (bicyclic) bond motifs is 1. The topological polar surface area (TPSA) is 108 Å². The summed E-state index contributed by atoms with van der Waals surface area (Å²) in [6, 6.07) is 12.9. The Hall–Kier alpha value is -3.20. The highest BCUT2D eigenvalue weighted by atomic mass is 32.2. The molecule has 0 unspecified atom stereocenters. The van der Waals surface area contributed by atoms with Crippen LogP contribution in [0.4, 0.5) is 5.69 Å². The van der Waals surface area contributed by atoms with Gasteiger partial charge in [0.1, 0.15) is 4.90 Å². The number of nitrogens with zero attached hydrogens (tertiary/aromatic N) is 2. The minimum absolute atomic E-state index is 0.0834. The van der Waals surface area contributed by atoms with Gasteiger partial charge in [-0.1, -0.05) is 12.1 Å². The Bertz CT molecular complexity index is 1030. The predicted octanol–water partition coefficient (Wildman–Crippen LogP) is 1.07. The number of hydrogen-bond donors (Lipinski definition) is 2. The van der Waals surface area contributed by atoms with Gasteiger partial charge in [-0.25, -0.2) is 0 Å². The molecule has 8 nitrogen and oxygen atoms in total. The lowest BCUT2D eigenvalue weighted by atomic mass is 10.2. The minimum Gasteiger partial charge on any atom is -0.355 e. The fourth-order valence-corrected chi connectivity index (χ4v) is 3.96. The molecule has 0 saturated carbocycles. The summed E-state index contributed by atoms with van der Waals surface area (Å²) in [6.07, 6.45) is 0. The summed E-state index contributed by atoms with van der Waals surface area (Å²) >= 11 is 0. The minimum atomic E-state index is -3.73. The van der Waals surface area contributed by atoms with E-state index in [0.29, 0.717) is 16.8 Å². The summed E-state index contributed by atoms with van der Waals surface area (Å²) in [7, 11) is -0.592. The van der Waals surface area contributed by atoms with Gasteiger partial charge in [-0.3, -0.25) is 9.59 Å². The van der Waals surface area contributed by atoms with Crippen LogP contribution in [-0.2, 0) is 14.8 Å². The van der Waals surface area contributed by atoms with Crippen LogP contribution in [0.2, 0.25) is 0 Å². The number of carbonyl (C=O) groups excluding carboxylic acids is 2. The first-order chi connectivity index (χ1) is 12.8. The van der Waals surface area contributed by atoms with Crippen molar-refractivity contribution < 1.29 is 18.0 Å². The van der Waals surface area contributed by atoms with E-state index in [1.54, 1.807) is 49.5 Å². The number of amides is 2. The predicted molar refractivity (Wildman–Crippen MR) is 101 cm³/mol. The van der Waals surface area contributed by atoms with Crippen molar-refractivity contribution in [1.29, 1.82) is 0 Å². The Morgan fingerprint density at radius 2 is 1.74 bits per heavy atom. The van der Waals surface area contributed by atoms with Crippen molar-refractivity contribution in [1.82, 2.24) is 10.2 Å². The highest BCUT2D eigenvalue weighted by Gasteiger charge is 2.30. The van der Waals surface area contributed by atoms with Crippen molar-refractivity contribution in [2.75, 3.05) is 26.0 Å². The molecule has 1 heterocycles. The van der Waals surface area contributed by atoms with Crippen LogP contribution in [0.1, 0.15) is 15.9 Å². The largest absolute Gasteiger partial charge is 0.355 e. The number of hydrogen-bond acceptors (Lipinski definition) is 5. The van der Waals surface area contributed by atoms with Gasteiger partial charge in [0, 0.05) is 30.9 Å². The maximum atomic E-state index is 12.3. The molecule has 0 spiro atoms. The molecule has 0 aromatic heterocycles. The molecule has 0 atom stereocenters. The van der Waals surface area contributed by atoms with Crippen LogP contribution >= 0.6 is 0 Å². The number of sulfonamides is 1. The fourth-order valence-electron chi connectivity index (χ4n) is 2.70. The van der Waals surface area contributed by atoms with Crippen LogP contribution < -0.4 is 10.6 Å². The molecular formula is C18H18N4O4S. The maximum Gasteiger partial charge on any atom is 0.285 e. The number of benzene rings is 2. The second-order valence-electron chi connectivity index (χ2n) is 5.95. The Kier molecular flexibility index (Phi) is 4.95. The molecule has 9 heteroatoms. The molecule has 2 aromatic rings. The first kappa shape index (κ1) is 18.6. The van der Waals surface area contributed by atoms with E-state index in [-0.39, 0.29) is 29.1 Å². The third-order valence-electron chi connectivity index (χ3n) is 4.01. The first-order valence-corrected chi connectivity index (χ1v) is 9.53. The molecule has 0 saturated heterocycles. The number of rotatable bonds is 4. The number of likely N-dealkylation sites (N-methyl/N-ethyl adjacent to an activating group) is 1.